The average Bonchev–Trinajstić information content (AvgIpc) is 2.82. The molecule has 0 saturated carbocycles. The summed E-state index contributed by atoms with van der Waals surface area (Å²) in [5.74, 6) is 0.713. The Morgan fingerprint density at radius 3 is 2.33 bits per heavy atom. The first-order valence-electron chi connectivity index (χ1n) is 10.2. The molecule has 4 nitrogen and oxygen atoms in total. The van der Waals surface area contributed by atoms with Crippen molar-refractivity contribution >= 4 is 30.1 Å². The standard InChI is InChI=1S/C20H39N2O2PS2/c1-9-11-17(6)14-18-19(20(7,8)27-26-18)24-25(23-13-10-12-21)22(15(2)3)16(4)5/h15-19H,9-11,13-14H2,1-8H3/t17?,18-,19+,25?/m0/s1. The van der Waals surface area contributed by atoms with Gasteiger partial charge in [0, 0.05) is 22.1 Å². The third-order valence-electron chi connectivity index (χ3n) is 4.69. The minimum Gasteiger partial charge on any atom is -0.321 e. The summed E-state index contributed by atoms with van der Waals surface area (Å²) >= 11 is 0. The van der Waals surface area contributed by atoms with Gasteiger partial charge in [-0.15, -0.1) is 0 Å². The Morgan fingerprint density at radius 1 is 1.19 bits per heavy atom. The van der Waals surface area contributed by atoms with E-state index in [9.17, 15) is 0 Å². The highest BCUT2D eigenvalue weighted by atomic mass is 33.1. The average molecular weight is 435 g/mol. The third kappa shape index (κ3) is 8.03. The normalized spacial score (nSPS) is 24.5. The molecule has 1 saturated heterocycles. The fourth-order valence-corrected chi connectivity index (χ4v) is 9.16. The molecular formula is C20H39N2O2PS2. The number of rotatable bonds is 12. The predicted molar refractivity (Wildman–Crippen MR) is 122 cm³/mol. The van der Waals surface area contributed by atoms with E-state index in [1.54, 1.807) is 0 Å². The molecule has 0 amide bonds. The summed E-state index contributed by atoms with van der Waals surface area (Å²) in [6, 6.07) is 2.85. The van der Waals surface area contributed by atoms with Crippen LogP contribution in [-0.4, -0.2) is 39.5 Å². The summed E-state index contributed by atoms with van der Waals surface area (Å²) in [5.41, 5.74) is 0. The molecule has 1 heterocycles. The van der Waals surface area contributed by atoms with Crippen molar-refractivity contribution in [1.82, 2.24) is 4.67 Å². The Labute approximate surface area is 176 Å². The lowest BCUT2D eigenvalue weighted by atomic mass is 9.93. The van der Waals surface area contributed by atoms with Crippen molar-refractivity contribution in [2.45, 2.75) is 109 Å². The Balaban J connectivity index is 2.97. The quantitative estimate of drug-likeness (QED) is 0.187. The lowest BCUT2D eigenvalue weighted by Gasteiger charge is -2.40. The third-order valence-corrected chi connectivity index (χ3v) is 10.6. The Bertz CT molecular complexity index is 463. The van der Waals surface area contributed by atoms with E-state index in [1.807, 2.05) is 21.6 Å². The molecule has 1 aliphatic heterocycles. The molecular weight excluding hydrogens is 395 g/mol. The molecule has 1 aliphatic rings. The fourth-order valence-electron chi connectivity index (χ4n) is 3.49. The van der Waals surface area contributed by atoms with Gasteiger partial charge >= 0.3 is 0 Å². The van der Waals surface area contributed by atoms with Crippen molar-refractivity contribution in [3.05, 3.63) is 0 Å². The van der Waals surface area contributed by atoms with E-state index in [2.05, 4.69) is 66.1 Å². The van der Waals surface area contributed by atoms with Crippen LogP contribution in [0.15, 0.2) is 0 Å². The first-order valence-corrected chi connectivity index (χ1v) is 13.6. The second-order valence-electron chi connectivity index (χ2n) is 8.52. The van der Waals surface area contributed by atoms with Crippen LogP contribution in [0.3, 0.4) is 0 Å². The topological polar surface area (TPSA) is 45.5 Å². The second-order valence-corrected chi connectivity index (χ2v) is 13.0. The van der Waals surface area contributed by atoms with Crippen molar-refractivity contribution in [1.29, 1.82) is 5.26 Å². The van der Waals surface area contributed by atoms with Crippen molar-refractivity contribution in [3.8, 4) is 6.07 Å². The molecule has 0 N–H and O–H groups in total. The zero-order valence-corrected chi connectivity index (χ0v) is 20.9. The number of hydrogen-bond acceptors (Lipinski definition) is 6. The van der Waals surface area contributed by atoms with Crippen LogP contribution in [0.1, 0.15) is 81.1 Å². The summed E-state index contributed by atoms with van der Waals surface area (Å²) in [4.78, 5) is 0. The van der Waals surface area contributed by atoms with Crippen molar-refractivity contribution in [3.63, 3.8) is 0 Å². The lowest BCUT2D eigenvalue weighted by Crippen LogP contribution is -2.41. The molecule has 0 aromatic heterocycles. The molecule has 0 aromatic carbocycles. The molecule has 0 spiro atoms. The van der Waals surface area contributed by atoms with Crippen LogP contribution >= 0.6 is 30.1 Å². The van der Waals surface area contributed by atoms with Gasteiger partial charge < -0.3 is 9.05 Å². The smallest absolute Gasteiger partial charge is 0.259 e. The van der Waals surface area contributed by atoms with Crippen LogP contribution in [0.4, 0.5) is 0 Å². The van der Waals surface area contributed by atoms with Gasteiger partial charge in [-0.1, -0.05) is 48.3 Å². The van der Waals surface area contributed by atoms with E-state index in [0.717, 1.165) is 0 Å². The Hall–Kier alpha value is 0.500. The molecule has 7 heteroatoms. The van der Waals surface area contributed by atoms with Gasteiger partial charge in [0.05, 0.1) is 25.2 Å². The Morgan fingerprint density at radius 2 is 1.81 bits per heavy atom. The van der Waals surface area contributed by atoms with Crippen molar-refractivity contribution in [2.24, 2.45) is 5.92 Å². The van der Waals surface area contributed by atoms with Gasteiger partial charge in [-0.25, -0.2) is 4.67 Å². The predicted octanol–water partition coefficient (Wildman–Crippen LogP) is 7.02. The van der Waals surface area contributed by atoms with Crippen LogP contribution in [0.25, 0.3) is 0 Å². The van der Waals surface area contributed by atoms with E-state index < -0.39 is 8.53 Å². The van der Waals surface area contributed by atoms with Gasteiger partial charge in [-0.2, -0.15) is 5.26 Å². The molecule has 158 valence electrons. The highest BCUT2D eigenvalue weighted by Gasteiger charge is 2.47. The number of hydrogen-bond donors (Lipinski definition) is 0. The maximum absolute atomic E-state index is 8.91. The minimum absolute atomic E-state index is 0.0556. The second kappa shape index (κ2) is 12.3. The Kier molecular flexibility index (Phi) is 11.6. The molecule has 0 bridgehead atoms. The molecule has 27 heavy (non-hydrogen) atoms. The molecule has 0 aliphatic carbocycles. The molecule has 1 fully saturated rings. The molecule has 0 radical (unpaired) electrons. The van der Waals surface area contributed by atoms with Crippen LogP contribution in [0.2, 0.25) is 0 Å². The zero-order chi connectivity index (χ0) is 20.6. The van der Waals surface area contributed by atoms with Gasteiger partial charge in [0.2, 0.25) is 0 Å². The molecule has 4 atom stereocenters. The van der Waals surface area contributed by atoms with E-state index in [-0.39, 0.29) is 10.9 Å². The van der Waals surface area contributed by atoms with Gasteiger partial charge in [0.25, 0.3) is 8.53 Å². The van der Waals surface area contributed by atoms with Crippen LogP contribution in [-0.2, 0) is 9.05 Å². The fraction of sp³-hybridized carbons (Fsp3) is 0.950. The van der Waals surface area contributed by atoms with Crippen LogP contribution in [0, 0.1) is 17.2 Å². The first kappa shape index (κ1) is 25.5. The van der Waals surface area contributed by atoms with Gasteiger partial charge in [-0.3, -0.25) is 0 Å². The highest BCUT2D eigenvalue weighted by molar-refractivity contribution is 8.77. The minimum atomic E-state index is -1.19. The summed E-state index contributed by atoms with van der Waals surface area (Å²) in [7, 11) is 2.75. The summed E-state index contributed by atoms with van der Waals surface area (Å²) in [6.45, 7) is 18.4. The summed E-state index contributed by atoms with van der Waals surface area (Å²) in [5, 5.41) is 9.39. The highest BCUT2D eigenvalue weighted by Crippen LogP contribution is 2.59. The van der Waals surface area contributed by atoms with Gasteiger partial charge in [0.15, 0.2) is 0 Å². The molecule has 2 unspecified atom stereocenters. The van der Waals surface area contributed by atoms with Crippen LogP contribution < -0.4 is 0 Å². The molecule has 1 rings (SSSR count). The van der Waals surface area contributed by atoms with E-state index in [4.69, 9.17) is 14.3 Å². The van der Waals surface area contributed by atoms with Gasteiger partial charge in [0.1, 0.15) is 0 Å². The van der Waals surface area contributed by atoms with Crippen LogP contribution in [0.5, 0.6) is 0 Å². The van der Waals surface area contributed by atoms with E-state index in [0.29, 0.717) is 36.3 Å². The zero-order valence-electron chi connectivity index (χ0n) is 18.4. The summed E-state index contributed by atoms with van der Waals surface area (Å²) < 4.78 is 15.3. The molecule has 0 aromatic rings. The monoisotopic (exact) mass is 434 g/mol. The largest absolute Gasteiger partial charge is 0.321 e. The van der Waals surface area contributed by atoms with Gasteiger partial charge in [-0.05, 0) is 53.9 Å². The number of nitriles is 1. The lowest BCUT2D eigenvalue weighted by molar-refractivity contribution is 0.110. The maximum atomic E-state index is 8.91. The van der Waals surface area contributed by atoms with Crippen molar-refractivity contribution < 1.29 is 9.05 Å². The maximum Gasteiger partial charge on any atom is 0.259 e. The summed E-state index contributed by atoms with van der Waals surface area (Å²) in [6.07, 6.45) is 4.25. The van der Waals surface area contributed by atoms with E-state index >= 15 is 0 Å². The first-order chi connectivity index (χ1) is 12.6. The van der Waals surface area contributed by atoms with E-state index in [1.165, 1.54) is 19.3 Å². The van der Waals surface area contributed by atoms with Crippen molar-refractivity contribution in [2.75, 3.05) is 6.61 Å². The number of nitrogens with zero attached hydrogens (tertiary/aromatic N) is 2. The SMILES string of the molecule is CCCC(C)C[C@@H]1SSC(C)(C)[C@@H]1OP(OCCC#N)N(C(C)C)C(C)C.